The minimum absolute atomic E-state index is 0.134. The van der Waals surface area contributed by atoms with E-state index in [1.54, 1.807) is 30.3 Å². The Balaban J connectivity index is 2.14. The number of ether oxygens (including phenoxy) is 1. The Bertz CT molecular complexity index is 718. The summed E-state index contributed by atoms with van der Waals surface area (Å²) in [5, 5.41) is 13.1. The number of rotatable bonds is 5. The van der Waals surface area contributed by atoms with Crippen molar-refractivity contribution in [3.8, 4) is 5.75 Å². The molecule has 0 saturated heterocycles. The number of carbonyl (C=O) groups is 1. The minimum Gasteiger partial charge on any atom is -0.466 e. The number of nitrogens with one attached hydrogen (secondary N) is 1. The van der Waals surface area contributed by atoms with Crippen LogP contribution in [0.4, 0.5) is 5.69 Å². The highest BCUT2D eigenvalue weighted by molar-refractivity contribution is 6.68. The van der Waals surface area contributed by atoms with Gasteiger partial charge < -0.3 is 10.1 Å². The third-order valence-corrected chi connectivity index (χ3v) is 3.49. The highest BCUT2D eigenvalue weighted by Crippen LogP contribution is 2.32. The molecule has 0 heterocycles. The van der Waals surface area contributed by atoms with Crippen LogP contribution in [0.1, 0.15) is 10.4 Å². The maximum atomic E-state index is 12.2. The Morgan fingerprint density at radius 1 is 1.08 bits per heavy atom. The van der Waals surface area contributed by atoms with Gasteiger partial charge in [0.2, 0.25) is 10.0 Å². The summed E-state index contributed by atoms with van der Waals surface area (Å²) in [6, 6.07) is 13.5. The molecule has 2 rings (SSSR count). The van der Waals surface area contributed by atoms with Gasteiger partial charge in [-0.05, 0) is 24.3 Å². The first kappa shape index (κ1) is 18.3. The van der Waals surface area contributed by atoms with Crippen molar-refractivity contribution in [1.29, 1.82) is 0 Å². The van der Waals surface area contributed by atoms with Crippen LogP contribution in [0.25, 0.3) is 0 Å². The molecule has 0 aliphatic carbocycles. The van der Waals surface area contributed by atoms with Crippen molar-refractivity contribution in [3.05, 3.63) is 70.3 Å². The Kier molecular flexibility index (Phi) is 5.88. The first-order valence-corrected chi connectivity index (χ1v) is 7.74. The molecule has 24 heavy (non-hydrogen) atoms. The first-order chi connectivity index (χ1) is 11.3. The zero-order valence-electron chi connectivity index (χ0n) is 12.0. The van der Waals surface area contributed by atoms with Crippen LogP contribution in [-0.2, 0) is 0 Å². The van der Waals surface area contributed by atoms with Gasteiger partial charge in [0.15, 0.2) is 0 Å². The van der Waals surface area contributed by atoms with E-state index in [4.69, 9.17) is 39.5 Å². The number of amides is 1. The van der Waals surface area contributed by atoms with E-state index < -0.39 is 20.9 Å². The normalized spacial score (nSPS) is 12.3. The second-order valence-corrected chi connectivity index (χ2v) is 7.00. The summed E-state index contributed by atoms with van der Waals surface area (Å²) in [4.78, 5) is 22.3. The zero-order valence-corrected chi connectivity index (χ0v) is 14.3. The van der Waals surface area contributed by atoms with Crippen LogP contribution >= 0.6 is 34.8 Å². The number of halogens is 3. The molecule has 126 valence electrons. The van der Waals surface area contributed by atoms with Crippen molar-refractivity contribution in [2.45, 2.75) is 10.0 Å². The van der Waals surface area contributed by atoms with Gasteiger partial charge in [0.25, 0.3) is 11.6 Å². The smallest absolute Gasteiger partial charge is 0.269 e. The van der Waals surface area contributed by atoms with E-state index >= 15 is 0 Å². The van der Waals surface area contributed by atoms with Crippen molar-refractivity contribution in [2.24, 2.45) is 0 Å². The van der Waals surface area contributed by atoms with Crippen LogP contribution in [0.15, 0.2) is 54.6 Å². The van der Waals surface area contributed by atoms with E-state index in [1.807, 2.05) is 0 Å². The van der Waals surface area contributed by atoms with E-state index in [-0.39, 0.29) is 11.3 Å². The summed E-state index contributed by atoms with van der Waals surface area (Å²) in [7, 11) is 0. The monoisotopic (exact) mass is 388 g/mol. The van der Waals surface area contributed by atoms with Crippen molar-refractivity contribution < 1.29 is 14.5 Å². The Labute approximate surface area is 152 Å². The van der Waals surface area contributed by atoms with Gasteiger partial charge in [-0.3, -0.25) is 14.9 Å². The minimum atomic E-state index is -1.92. The lowest BCUT2D eigenvalue weighted by molar-refractivity contribution is -0.384. The lowest BCUT2D eigenvalue weighted by Gasteiger charge is -2.26. The number of nitrogens with zero attached hydrogens (tertiary/aromatic N) is 1. The average Bonchev–Trinajstić information content (AvgIpc) is 2.54. The highest BCUT2D eigenvalue weighted by atomic mass is 35.6. The average molecular weight is 390 g/mol. The second-order valence-electron chi connectivity index (χ2n) is 4.63. The summed E-state index contributed by atoms with van der Waals surface area (Å²) in [6.45, 7) is 0. The fourth-order valence-corrected chi connectivity index (χ4v) is 2.05. The lowest BCUT2D eigenvalue weighted by Crippen LogP contribution is -2.47. The van der Waals surface area contributed by atoms with Crippen LogP contribution in [-0.4, -0.2) is 20.9 Å². The Morgan fingerprint density at radius 3 is 2.17 bits per heavy atom. The molecule has 0 saturated carbocycles. The molecule has 1 unspecified atom stereocenters. The van der Waals surface area contributed by atoms with Crippen LogP contribution in [0, 0.1) is 10.1 Å². The molecular weight excluding hydrogens is 379 g/mol. The standard InChI is InChI=1S/C15H11Cl3N2O4/c16-15(17,18)14(24-12-4-2-1-3-5-12)19-13(21)10-6-8-11(9-7-10)20(22)23/h1-9,14H,(H,19,21). The number of non-ortho nitro benzene ring substituents is 1. The van der Waals surface area contributed by atoms with Gasteiger partial charge in [0.05, 0.1) is 4.92 Å². The van der Waals surface area contributed by atoms with Crippen LogP contribution in [0.2, 0.25) is 0 Å². The van der Waals surface area contributed by atoms with Crippen LogP contribution < -0.4 is 10.1 Å². The summed E-state index contributed by atoms with van der Waals surface area (Å²) in [5.41, 5.74) is 0.0292. The largest absolute Gasteiger partial charge is 0.466 e. The Morgan fingerprint density at radius 2 is 1.67 bits per heavy atom. The highest BCUT2D eigenvalue weighted by Gasteiger charge is 2.36. The number of hydrogen-bond donors (Lipinski definition) is 1. The SMILES string of the molecule is O=C(NC(Oc1ccccc1)C(Cl)(Cl)Cl)c1ccc([N+](=O)[O-])cc1. The summed E-state index contributed by atoms with van der Waals surface area (Å²) >= 11 is 17.5. The first-order valence-electron chi connectivity index (χ1n) is 6.61. The van der Waals surface area contributed by atoms with E-state index in [2.05, 4.69) is 5.32 Å². The molecule has 1 atom stereocenters. The van der Waals surface area contributed by atoms with Gasteiger partial charge >= 0.3 is 0 Å². The van der Waals surface area contributed by atoms with E-state index in [0.29, 0.717) is 5.75 Å². The molecular formula is C15H11Cl3N2O4. The predicted molar refractivity (Wildman–Crippen MR) is 91.7 cm³/mol. The quantitative estimate of drug-likeness (QED) is 0.361. The van der Waals surface area contributed by atoms with Gasteiger partial charge in [-0.25, -0.2) is 0 Å². The summed E-state index contributed by atoms with van der Waals surface area (Å²) in [6.07, 6.45) is -1.26. The molecule has 6 nitrogen and oxygen atoms in total. The molecule has 0 radical (unpaired) electrons. The van der Waals surface area contributed by atoms with Crippen molar-refractivity contribution in [2.75, 3.05) is 0 Å². The third kappa shape index (κ3) is 4.99. The number of hydrogen-bond acceptors (Lipinski definition) is 4. The Hall–Kier alpha value is -2.02. The number of carbonyl (C=O) groups excluding carboxylic acids is 1. The maximum Gasteiger partial charge on any atom is 0.269 e. The molecule has 1 N–H and O–H groups in total. The number of nitro groups is 1. The fraction of sp³-hybridized carbons (Fsp3) is 0.133. The van der Waals surface area contributed by atoms with Gasteiger partial charge in [-0.2, -0.15) is 0 Å². The van der Waals surface area contributed by atoms with Gasteiger partial charge in [0, 0.05) is 17.7 Å². The van der Waals surface area contributed by atoms with Crippen LogP contribution in [0.5, 0.6) is 5.75 Å². The molecule has 0 aliphatic heterocycles. The topological polar surface area (TPSA) is 81.5 Å². The summed E-state index contributed by atoms with van der Waals surface area (Å²) in [5.74, 6) is -0.199. The molecule has 2 aromatic rings. The van der Waals surface area contributed by atoms with Gasteiger partial charge in [0.1, 0.15) is 5.75 Å². The molecule has 0 fully saturated rings. The molecule has 2 aromatic carbocycles. The van der Waals surface area contributed by atoms with E-state index in [1.165, 1.54) is 24.3 Å². The van der Waals surface area contributed by atoms with Crippen molar-refractivity contribution >= 4 is 46.4 Å². The number of benzene rings is 2. The van der Waals surface area contributed by atoms with E-state index in [9.17, 15) is 14.9 Å². The molecule has 0 spiro atoms. The number of alkyl halides is 3. The number of nitro benzene ring substituents is 1. The van der Waals surface area contributed by atoms with Crippen molar-refractivity contribution in [1.82, 2.24) is 5.32 Å². The lowest BCUT2D eigenvalue weighted by atomic mass is 10.2. The van der Waals surface area contributed by atoms with E-state index in [0.717, 1.165) is 0 Å². The molecule has 0 aromatic heterocycles. The molecule has 9 heteroatoms. The molecule has 0 aliphatic rings. The summed E-state index contributed by atoms with van der Waals surface area (Å²) < 4.78 is 3.57. The number of para-hydroxylation sites is 1. The van der Waals surface area contributed by atoms with Crippen molar-refractivity contribution in [3.63, 3.8) is 0 Å². The van der Waals surface area contributed by atoms with Gasteiger partial charge in [-0.1, -0.05) is 53.0 Å². The molecule has 0 bridgehead atoms. The fourth-order valence-electron chi connectivity index (χ4n) is 1.75. The third-order valence-electron chi connectivity index (χ3n) is 2.90. The predicted octanol–water partition coefficient (Wildman–Crippen LogP) is 4.10. The van der Waals surface area contributed by atoms with Crippen LogP contribution in [0.3, 0.4) is 0 Å². The zero-order chi connectivity index (χ0) is 17.7. The second kappa shape index (κ2) is 7.70. The van der Waals surface area contributed by atoms with Gasteiger partial charge in [-0.15, -0.1) is 0 Å². The maximum absolute atomic E-state index is 12.2. The molecule has 1 amide bonds.